The number of fused-ring (bicyclic) bond motifs is 8. The Labute approximate surface area is 141 Å². The average Bonchev–Trinajstić information content (AvgIpc) is 2.75. The molecule has 4 fully saturated rings. The molecule has 0 aromatic heterocycles. The highest BCUT2D eigenvalue weighted by atomic mass is 16.6. The van der Waals surface area contributed by atoms with Crippen molar-refractivity contribution in [3.8, 4) is 0 Å². The van der Waals surface area contributed by atoms with Crippen LogP contribution in [-0.2, 0) is 9.47 Å². The number of rotatable bonds is 1. The summed E-state index contributed by atoms with van der Waals surface area (Å²) >= 11 is 0. The minimum atomic E-state index is -0.589. The van der Waals surface area contributed by atoms with Crippen LogP contribution in [-0.4, -0.2) is 34.1 Å². The highest BCUT2D eigenvalue weighted by molar-refractivity contribution is 5.14. The van der Waals surface area contributed by atoms with E-state index in [1.54, 1.807) is 0 Å². The van der Waals surface area contributed by atoms with Gasteiger partial charge in [-0.15, -0.1) is 0 Å². The number of hydrogen-bond acceptors (Lipinski definition) is 3. The summed E-state index contributed by atoms with van der Waals surface area (Å²) in [6.45, 7) is 11.3. The molecule has 0 aromatic carbocycles. The molecule has 3 saturated heterocycles. The van der Waals surface area contributed by atoms with Gasteiger partial charge in [0.1, 0.15) is 0 Å². The molecule has 1 N–H and O–H groups in total. The van der Waals surface area contributed by atoms with Gasteiger partial charge >= 0.3 is 0 Å². The molecule has 4 bridgehead atoms. The molecule has 0 radical (unpaired) electrons. The fourth-order valence-corrected chi connectivity index (χ4v) is 6.68. The highest BCUT2D eigenvalue weighted by Gasteiger charge is 2.65. The van der Waals surface area contributed by atoms with Crippen molar-refractivity contribution in [2.45, 2.75) is 102 Å². The maximum absolute atomic E-state index is 11.2. The van der Waals surface area contributed by atoms with Crippen LogP contribution in [0, 0.1) is 23.7 Å². The molecule has 1 saturated carbocycles. The van der Waals surface area contributed by atoms with Crippen molar-refractivity contribution in [3.63, 3.8) is 0 Å². The molecule has 23 heavy (non-hydrogen) atoms. The van der Waals surface area contributed by atoms with E-state index in [0.717, 1.165) is 32.1 Å². The van der Waals surface area contributed by atoms with Crippen LogP contribution in [0.25, 0.3) is 0 Å². The molecule has 3 heteroatoms. The third-order valence-electron chi connectivity index (χ3n) is 7.63. The van der Waals surface area contributed by atoms with E-state index in [9.17, 15) is 5.11 Å². The summed E-state index contributed by atoms with van der Waals surface area (Å²) < 4.78 is 13.4. The van der Waals surface area contributed by atoms with Crippen molar-refractivity contribution >= 4 is 0 Å². The second-order valence-corrected chi connectivity index (χ2v) is 9.92. The first-order valence-corrected chi connectivity index (χ1v) is 9.73. The van der Waals surface area contributed by atoms with E-state index in [1.165, 1.54) is 6.42 Å². The minimum absolute atomic E-state index is 0.0712. The first-order valence-electron chi connectivity index (χ1n) is 9.73. The van der Waals surface area contributed by atoms with E-state index < -0.39 is 5.60 Å². The van der Waals surface area contributed by atoms with Gasteiger partial charge in [0, 0.05) is 12.3 Å². The number of aliphatic hydroxyl groups is 1. The molecule has 4 rings (SSSR count). The standard InChI is InChI=1S/C20H34O3/c1-12(2)13-7-10-19(4,21)16-14-11-18(3)8-6-9-20(5,23-18)17(22-14)15(13)16/h12-17,21H,6-11H2,1-5H3/t13-,14-,15-,16-,17-,18-,19+,20-/m0/s1. The van der Waals surface area contributed by atoms with Crippen molar-refractivity contribution in [1.29, 1.82) is 0 Å². The Bertz CT molecular complexity index is 487. The van der Waals surface area contributed by atoms with Crippen LogP contribution in [0.3, 0.4) is 0 Å². The summed E-state index contributed by atoms with van der Waals surface area (Å²) in [5, 5.41) is 11.2. The van der Waals surface area contributed by atoms with Crippen LogP contribution in [0.2, 0.25) is 0 Å². The number of ether oxygens (including phenoxy) is 2. The molecule has 3 heterocycles. The predicted octanol–water partition coefficient (Wildman–Crippen LogP) is 3.92. The third-order valence-corrected chi connectivity index (χ3v) is 7.63. The Kier molecular flexibility index (Phi) is 3.52. The van der Waals surface area contributed by atoms with Gasteiger partial charge < -0.3 is 14.6 Å². The lowest BCUT2D eigenvalue weighted by molar-refractivity contribution is -0.216. The monoisotopic (exact) mass is 322 g/mol. The summed E-state index contributed by atoms with van der Waals surface area (Å²) in [6.07, 6.45) is 6.74. The fourth-order valence-electron chi connectivity index (χ4n) is 6.68. The van der Waals surface area contributed by atoms with Crippen LogP contribution in [0.5, 0.6) is 0 Å². The Morgan fingerprint density at radius 1 is 1.09 bits per heavy atom. The van der Waals surface area contributed by atoms with E-state index in [4.69, 9.17) is 9.47 Å². The molecular weight excluding hydrogens is 288 g/mol. The summed E-state index contributed by atoms with van der Waals surface area (Å²) in [5.41, 5.74) is -0.839. The highest BCUT2D eigenvalue weighted by Crippen LogP contribution is 2.60. The van der Waals surface area contributed by atoms with E-state index in [1.807, 2.05) is 0 Å². The second kappa shape index (κ2) is 4.95. The Morgan fingerprint density at radius 2 is 1.83 bits per heavy atom. The van der Waals surface area contributed by atoms with Crippen molar-refractivity contribution < 1.29 is 14.6 Å². The first kappa shape index (κ1) is 16.4. The predicted molar refractivity (Wildman–Crippen MR) is 90.2 cm³/mol. The SMILES string of the molecule is CC(C)[C@@H]1CC[C@@](C)(O)[C@@H]2[C@H]1[C@@H]1O[C@H]2C[C@]2(C)CCC[C@]1(C)O2. The van der Waals surface area contributed by atoms with Crippen LogP contribution < -0.4 is 0 Å². The van der Waals surface area contributed by atoms with E-state index in [2.05, 4.69) is 34.6 Å². The zero-order valence-electron chi connectivity index (χ0n) is 15.5. The molecule has 132 valence electrons. The lowest BCUT2D eigenvalue weighted by atomic mass is 9.56. The summed E-state index contributed by atoms with van der Waals surface area (Å²) in [5.74, 6) is 1.99. The summed E-state index contributed by atoms with van der Waals surface area (Å²) in [6, 6.07) is 0. The summed E-state index contributed by atoms with van der Waals surface area (Å²) in [4.78, 5) is 0. The van der Waals surface area contributed by atoms with Gasteiger partial charge in [0.15, 0.2) is 0 Å². The molecular formula is C20H34O3. The van der Waals surface area contributed by atoms with Gasteiger partial charge in [0.05, 0.1) is 29.0 Å². The van der Waals surface area contributed by atoms with Gasteiger partial charge in [-0.3, -0.25) is 0 Å². The zero-order valence-corrected chi connectivity index (χ0v) is 15.5. The van der Waals surface area contributed by atoms with Crippen molar-refractivity contribution in [2.24, 2.45) is 23.7 Å². The molecule has 3 nitrogen and oxygen atoms in total. The molecule has 0 unspecified atom stereocenters. The molecule has 1 aliphatic carbocycles. The van der Waals surface area contributed by atoms with Crippen molar-refractivity contribution in [2.75, 3.05) is 0 Å². The fraction of sp³-hybridized carbons (Fsp3) is 1.00. The maximum Gasteiger partial charge on any atom is 0.0925 e. The molecule has 0 spiro atoms. The topological polar surface area (TPSA) is 38.7 Å². The van der Waals surface area contributed by atoms with Crippen LogP contribution >= 0.6 is 0 Å². The van der Waals surface area contributed by atoms with E-state index >= 15 is 0 Å². The Balaban J connectivity index is 1.78. The quantitative estimate of drug-likeness (QED) is 0.795. The third kappa shape index (κ3) is 2.33. The molecule has 3 aliphatic heterocycles. The molecule has 4 aliphatic rings. The van der Waals surface area contributed by atoms with Gasteiger partial charge in [0.2, 0.25) is 0 Å². The lowest BCUT2D eigenvalue weighted by Gasteiger charge is -2.54. The van der Waals surface area contributed by atoms with Gasteiger partial charge in [0.25, 0.3) is 0 Å². The second-order valence-electron chi connectivity index (χ2n) is 9.92. The normalized spacial score (nSPS) is 58.8. The molecule has 8 atom stereocenters. The number of hydrogen-bond donors (Lipinski definition) is 1. The Morgan fingerprint density at radius 3 is 2.52 bits per heavy atom. The van der Waals surface area contributed by atoms with Crippen LogP contribution in [0.4, 0.5) is 0 Å². The van der Waals surface area contributed by atoms with Crippen LogP contribution in [0.15, 0.2) is 0 Å². The van der Waals surface area contributed by atoms with Gasteiger partial charge in [-0.1, -0.05) is 13.8 Å². The maximum atomic E-state index is 11.2. The van der Waals surface area contributed by atoms with E-state index in [-0.39, 0.29) is 29.3 Å². The largest absolute Gasteiger partial charge is 0.390 e. The van der Waals surface area contributed by atoms with Crippen molar-refractivity contribution in [1.82, 2.24) is 0 Å². The molecule has 0 aromatic rings. The van der Waals surface area contributed by atoms with Gasteiger partial charge in [-0.2, -0.15) is 0 Å². The zero-order chi connectivity index (χ0) is 16.6. The minimum Gasteiger partial charge on any atom is -0.390 e. The first-order chi connectivity index (χ1) is 10.7. The summed E-state index contributed by atoms with van der Waals surface area (Å²) in [7, 11) is 0. The molecule has 0 amide bonds. The van der Waals surface area contributed by atoms with Crippen molar-refractivity contribution in [3.05, 3.63) is 0 Å². The van der Waals surface area contributed by atoms with Gasteiger partial charge in [-0.05, 0) is 70.6 Å². The van der Waals surface area contributed by atoms with Crippen LogP contribution in [0.1, 0.15) is 73.1 Å². The average molecular weight is 322 g/mol. The smallest absolute Gasteiger partial charge is 0.0925 e. The Hall–Kier alpha value is -0.120. The lowest BCUT2D eigenvalue weighted by Crippen LogP contribution is -2.59. The van der Waals surface area contributed by atoms with E-state index in [0.29, 0.717) is 17.8 Å². The van der Waals surface area contributed by atoms with Gasteiger partial charge in [-0.25, -0.2) is 0 Å².